The van der Waals surface area contributed by atoms with E-state index in [-0.39, 0.29) is 10.4 Å². The number of thiazole rings is 1. The average Bonchev–Trinajstić information content (AvgIpc) is 3.43. The normalized spacial score (nSPS) is 12.8. The number of sulfonamides is 1. The van der Waals surface area contributed by atoms with Crippen LogP contribution in [0.15, 0.2) is 71.6 Å². The summed E-state index contributed by atoms with van der Waals surface area (Å²) in [6.07, 6.45) is 0. The smallest absolute Gasteiger partial charge is 0.248 e. The Morgan fingerprint density at radius 3 is 2.61 bits per heavy atom. The summed E-state index contributed by atoms with van der Waals surface area (Å²) in [5.41, 5.74) is 1.88. The Balaban J connectivity index is 1.49. The van der Waals surface area contributed by atoms with Gasteiger partial charge in [-0.05, 0) is 35.9 Å². The quantitative estimate of drug-likeness (QED) is 0.341. The van der Waals surface area contributed by atoms with Gasteiger partial charge in [-0.1, -0.05) is 59.3 Å². The van der Waals surface area contributed by atoms with Crippen LogP contribution in [0.1, 0.15) is 11.6 Å². The average molecular weight is 516 g/mol. The molecule has 1 amide bonds. The lowest BCUT2D eigenvalue weighted by molar-refractivity contribution is -0.117. The van der Waals surface area contributed by atoms with E-state index in [1.54, 1.807) is 60.7 Å². The van der Waals surface area contributed by atoms with Crippen LogP contribution >= 0.6 is 34.7 Å². The topological polar surface area (TPSA) is 114 Å². The SMILES string of the molecule is O=C(Nc1nc2ccc(Cl)cc2s1)C(NS(=O)(=O)c1cccc2nsnc12)c1ccccc1. The van der Waals surface area contributed by atoms with Gasteiger partial charge >= 0.3 is 0 Å². The molecule has 0 radical (unpaired) electrons. The predicted octanol–water partition coefficient (Wildman–Crippen LogP) is 4.61. The van der Waals surface area contributed by atoms with Crippen molar-refractivity contribution >= 4 is 77.0 Å². The van der Waals surface area contributed by atoms with Gasteiger partial charge in [0.2, 0.25) is 15.9 Å². The van der Waals surface area contributed by atoms with E-state index in [2.05, 4.69) is 23.8 Å². The van der Waals surface area contributed by atoms with Crippen LogP contribution in [-0.4, -0.2) is 28.1 Å². The Hall–Kier alpha value is -2.96. The van der Waals surface area contributed by atoms with Crippen LogP contribution in [0.25, 0.3) is 21.3 Å². The largest absolute Gasteiger partial charge is 0.300 e. The Labute approximate surface area is 201 Å². The summed E-state index contributed by atoms with van der Waals surface area (Å²) in [4.78, 5) is 17.6. The summed E-state index contributed by atoms with van der Waals surface area (Å²) in [6.45, 7) is 0. The molecule has 0 fully saturated rings. The van der Waals surface area contributed by atoms with E-state index in [9.17, 15) is 13.2 Å². The van der Waals surface area contributed by atoms with Crippen molar-refractivity contribution in [2.24, 2.45) is 0 Å². The van der Waals surface area contributed by atoms with Crippen molar-refractivity contribution in [1.29, 1.82) is 0 Å². The number of benzene rings is 3. The van der Waals surface area contributed by atoms with Gasteiger partial charge in [0.05, 0.1) is 21.9 Å². The van der Waals surface area contributed by atoms with Crippen molar-refractivity contribution < 1.29 is 13.2 Å². The van der Waals surface area contributed by atoms with E-state index >= 15 is 0 Å². The minimum Gasteiger partial charge on any atom is -0.300 e. The highest BCUT2D eigenvalue weighted by Crippen LogP contribution is 2.30. The summed E-state index contributed by atoms with van der Waals surface area (Å²) >= 11 is 8.20. The van der Waals surface area contributed by atoms with E-state index in [1.165, 1.54) is 17.4 Å². The number of rotatable bonds is 6. The summed E-state index contributed by atoms with van der Waals surface area (Å²) in [7, 11) is -4.11. The van der Waals surface area contributed by atoms with E-state index in [0.717, 1.165) is 16.4 Å². The molecule has 5 rings (SSSR count). The monoisotopic (exact) mass is 515 g/mol. The van der Waals surface area contributed by atoms with Crippen LogP contribution in [0.5, 0.6) is 0 Å². The number of halogens is 1. The van der Waals surface area contributed by atoms with Gasteiger partial charge < -0.3 is 5.32 Å². The zero-order valence-corrected chi connectivity index (χ0v) is 19.8. The molecule has 2 aromatic heterocycles. The number of hydrogen-bond donors (Lipinski definition) is 2. The molecule has 0 aliphatic heterocycles. The third-order valence-electron chi connectivity index (χ3n) is 4.79. The number of carbonyl (C=O) groups is 1. The fraction of sp³-hybridized carbons (Fsp3) is 0.0476. The van der Waals surface area contributed by atoms with Crippen molar-refractivity contribution in [1.82, 2.24) is 18.5 Å². The zero-order chi connectivity index (χ0) is 23.0. The molecule has 0 spiro atoms. The van der Waals surface area contributed by atoms with Gasteiger partial charge in [-0.15, -0.1) is 0 Å². The second-order valence-electron chi connectivity index (χ2n) is 6.97. The molecule has 0 saturated heterocycles. The molecule has 3 aromatic carbocycles. The minimum absolute atomic E-state index is 0.0443. The maximum absolute atomic E-state index is 13.3. The zero-order valence-electron chi connectivity index (χ0n) is 16.6. The van der Waals surface area contributed by atoms with Crippen LogP contribution in [0.3, 0.4) is 0 Å². The number of aromatic nitrogens is 3. The van der Waals surface area contributed by atoms with Gasteiger partial charge in [0.15, 0.2) is 5.13 Å². The van der Waals surface area contributed by atoms with E-state index in [4.69, 9.17) is 11.6 Å². The summed E-state index contributed by atoms with van der Waals surface area (Å²) in [5.74, 6) is -0.571. The molecule has 0 aliphatic carbocycles. The molecule has 166 valence electrons. The highest BCUT2D eigenvalue weighted by molar-refractivity contribution is 7.89. The molecule has 0 saturated carbocycles. The third kappa shape index (κ3) is 4.45. The number of carbonyl (C=O) groups excluding carboxylic acids is 1. The number of amides is 1. The lowest BCUT2D eigenvalue weighted by Gasteiger charge is -2.18. The fourth-order valence-electron chi connectivity index (χ4n) is 3.26. The third-order valence-corrected chi connectivity index (χ3v) is 7.95. The van der Waals surface area contributed by atoms with Crippen molar-refractivity contribution in [2.75, 3.05) is 5.32 Å². The Kier molecular flexibility index (Phi) is 5.81. The van der Waals surface area contributed by atoms with Crippen molar-refractivity contribution in [2.45, 2.75) is 10.9 Å². The molecule has 2 N–H and O–H groups in total. The van der Waals surface area contributed by atoms with Crippen LogP contribution in [0, 0.1) is 0 Å². The van der Waals surface area contributed by atoms with Crippen LogP contribution < -0.4 is 10.0 Å². The number of fused-ring (bicyclic) bond motifs is 2. The first-order chi connectivity index (χ1) is 15.9. The van der Waals surface area contributed by atoms with Gasteiger partial charge in [-0.25, -0.2) is 13.4 Å². The maximum atomic E-state index is 13.3. The van der Waals surface area contributed by atoms with Crippen LogP contribution in [-0.2, 0) is 14.8 Å². The maximum Gasteiger partial charge on any atom is 0.248 e. The Bertz CT molecular complexity index is 1580. The minimum atomic E-state index is -4.11. The molecule has 0 aliphatic rings. The Morgan fingerprint density at radius 2 is 1.79 bits per heavy atom. The molecule has 2 heterocycles. The number of nitrogens with one attached hydrogen (secondary N) is 2. The van der Waals surface area contributed by atoms with Gasteiger partial charge in [0.1, 0.15) is 22.0 Å². The summed E-state index contributed by atoms with van der Waals surface area (Å²) in [6, 6.07) is 17.3. The molecule has 8 nitrogen and oxygen atoms in total. The molecule has 12 heteroatoms. The van der Waals surface area contributed by atoms with Crippen molar-refractivity contribution in [3.8, 4) is 0 Å². The van der Waals surface area contributed by atoms with Crippen LogP contribution in [0.4, 0.5) is 5.13 Å². The highest BCUT2D eigenvalue weighted by Gasteiger charge is 2.29. The second-order valence-corrected chi connectivity index (χ2v) is 10.7. The summed E-state index contributed by atoms with van der Waals surface area (Å²) in [5, 5.41) is 3.62. The van der Waals surface area contributed by atoms with E-state index in [1.807, 2.05) is 0 Å². The molecule has 1 atom stereocenters. The predicted molar refractivity (Wildman–Crippen MR) is 130 cm³/mol. The van der Waals surface area contributed by atoms with E-state index < -0.39 is 22.0 Å². The number of nitrogens with zero attached hydrogens (tertiary/aromatic N) is 3. The molecular formula is C21H14ClN5O3S3. The first-order valence-corrected chi connectivity index (χ1v) is 13.0. The van der Waals surface area contributed by atoms with Gasteiger partial charge in [0.25, 0.3) is 0 Å². The standard InChI is InChI=1S/C21H14ClN5O3S3/c22-13-9-10-14-16(11-13)31-21(23-14)24-20(28)18(12-5-2-1-3-6-12)27-33(29,30)17-8-4-7-15-19(17)26-32-25-15/h1-11,18,27H,(H,23,24,28). The molecule has 0 bridgehead atoms. The lowest BCUT2D eigenvalue weighted by Crippen LogP contribution is -2.37. The van der Waals surface area contributed by atoms with Gasteiger partial charge in [0, 0.05) is 5.02 Å². The molecule has 1 unspecified atom stereocenters. The summed E-state index contributed by atoms with van der Waals surface area (Å²) < 4.78 is 38.1. The van der Waals surface area contributed by atoms with Crippen molar-refractivity contribution in [3.63, 3.8) is 0 Å². The highest BCUT2D eigenvalue weighted by atomic mass is 35.5. The molecule has 5 aromatic rings. The first-order valence-electron chi connectivity index (χ1n) is 9.56. The van der Waals surface area contributed by atoms with Crippen LogP contribution in [0.2, 0.25) is 5.02 Å². The number of hydrogen-bond acceptors (Lipinski definition) is 8. The number of anilines is 1. The van der Waals surface area contributed by atoms with Gasteiger partial charge in [-0.3, -0.25) is 4.79 Å². The van der Waals surface area contributed by atoms with E-state index in [0.29, 0.717) is 26.8 Å². The Morgan fingerprint density at radius 1 is 0.970 bits per heavy atom. The first kappa shape index (κ1) is 21.9. The molecule has 33 heavy (non-hydrogen) atoms. The lowest BCUT2D eigenvalue weighted by atomic mass is 10.1. The molecular weight excluding hydrogens is 502 g/mol. The second kappa shape index (κ2) is 8.76. The fourth-order valence-corrected chi connectivity index (χ4v) is 6.36. The van der Waals surface area contributed by atoms with Crippen molar-refractivity contribution in [3.05, 3.63) is 77.3 Å². The van der Waals surface area contributed by atoms with Gasteiger partial charge in [-0.2, -0.15) is 13.5 Å².